The van der Waals surface area contributed by atoms with Gasteiger partial charge in [-0.1, -0.05) is 47.8 Å². The number of allylic oxidation sites excluding steroid dienone is 2. The molecule has 118 valence electrons. The van der Waals surface area contributed by atoms with E-state index in [0.717, 1.165) is 47.0 Å². The Morgan fingerprint density at radius 1 is 1.30 bits per heavy atom. The number of pyridine rings is 1. The van der Waals surface area contributed by atoms with E-state index in [9.17, 15) is 0 Å². The Balaban J connectivity index is 1.81. The fourth-order valence-electron chi connectivity index (χ4n) is 3.57. The fourth-order valence-corrected chi connectivity index (χ4v) is 4.38. The molecular formula is C18H18ClN3S. The van der Waals surface area contributed by atoms with Gasteiger partial charge in [-0.15, -0.1) is 0 Å². The molecule has 1 aliphatic carbocycles. The van der Waals surface area contributed by atoms with Gasteiger partial charge in [0.1, 0.15) is 5.82 Å². The first kappa shape index (κ1) is 14.9. The van der Waals surface area contributed by atoms with Crippen LogP contribution >= 0.6 is 23.5 Å². The average Bonchev–Trinajstić information content (AvgIpc) is 3.17. The summed E-state index contributed by atoms with van der Waals surface area (Å²) in [7, 11) is 0. The van der Waals surface area contributed by atoms with E-state index >= 15 is 0 Å². The summed E-state index contributed by atoms with van der Waals surface area (Å²) < 4.78 is 3.27. The molecule has 1 aromatic heterocycles. The van der Waals surface area contributed by atoms with Crippen LogP contribution in [0.2, 0.25) is 5.02 Å². The topological polar surface area (TPSA) is 37.0 Å². The van der Waals surface area contributed by atoms with Crippen LogP contribution in [0, 0.1) is 0 Å². The van der Waals surface area contributed by atoms with Crippen molar-refractivity contribution in [3.8, 4) is 11.1 Å². The van der Waals surface area contributed by atoms with Crippen molar-refractivity contribution in [1.29, 1.82) is 0 Å². The standard InChI is InChI=1S/C18H18ClN3S/c1-23-22-13-6-4-5-12(9-13)14-10-20-17-15(16(14)19)18(11-21-17)7-2-3-8-18/h2-6,9-10,22H,7-8,11H2,1H3,(H,20,21). The van der Waals surface area contributed by atoms with Crippen LogP contribution in [0.5, 0.6) is 0 Å². The van der Waals surface area contributed by atoms with Crippen molar-refractivity contribution in [3.63, 3.8) is 0 Å². The minimum atomic E-state index is 0.0879. The van der Waals surface area contributed by atoms with Crippen LogP contribution in [-0.2, 0) is 5.41 Å². The fraction of sp³-hybridized carbons (Fsp3) is 0.278. The second-order valence-corrected chi connectivity index (χ2v) is 7.10. The number of nitrogens with one attached hydrogen (secondary N) is 2. The number of nitrogens with zero attached hydrogens (tertiary/aromatic N) is 1. The Labute approximate surface area is 145 Å². The van der Waals surface area contributed by atoms with E-state index in [1.165, 1.54) is 5.56 Å². The number of benzene rings is 1. The summed E-state index contributed by atoms with van der Waals surface area (Å²) in [5, 5.41) is 4.27. The van der Waals surface area contributed by atoms with Gasteiger partial charge in [0.15, 0.2) is 0 Å². The van der Waals surface area contributed by atoms with Gasteiger partial charge in [0.05, 0.1) is 5.02 Å². The van der Waals surface area contributed by atoms with Crippen LogP contribution < -0.4 is 10.0 Å². The van der Waals surface area contributed by atoms with E-state index in [4.69, 9.17) is 11.6 Å². The molecule has 0 saturated heterocycles. The summed E-state index contributed by atoms with van der Waals surface area (Å²) in [4.78, 5) is 4.64. The summed E-state index contributed by atoms with van der Waals surface area (Å²) in [6, 6.07) is 8.30. The molecule has 2 N–H and O–H groups in total. The van der Waals surface area contributed by atoms with Gasteiger partial charge in [0.25, 0.3) is 0 Å². The van der Waals surface area contributed by atoms with Gasteiger partial charge in [-0.3, -0.25) is 0 Å². The number of rotatable bonds is 3. The summed E-state index contributed by atoms with van der Waals surface area (Å²) >= 11 is 8.44. The smallest absolute Gasteiger partial charge is 0.131 e. The lowest BCUT2D eigenvalue weighted by Gasteiger charge is -2.24. The lowest BCUT2D eigenvalue weighted by Crippen LogP contribution is -2.25. The molecule has 0 bridgehead atoms. The third-order valence-electron chi connectivity index (χ3n) is 4.72. The third-order valence-corrected chi connectivity index (χ3v) is 5.55. The average molecular weight is 344 g/mol. The summed E-state index contributed by atoms with van der Waals surface area (Å²) in [5.41, 5.74) is 4.44. The van der Waals surface area contributed by atoms with Crippen LogP contribution in [0.3, 0.4) is 0 Å². The van der Waals surface area contributed by atoms with Gasteiger partial charge in [0, 0.05) is 41.2 Å². The first-order valence-corrected chi connectivity index (χ1v) is 9.31. The molecule has 0 atom stereocenters. The molecule has 2 aromatic rings. The van der Waals surface area contributed by atoms with E-state index < -0.39 is 0 Å². The van der Waals surface area contributed by atoms with Gasteiger partial charge in [0.2, 0.25) is 0 Å². The molecular weight excluding hydrogens is 326 g/mol. The minimum absolute atomic E-state index is 0.0879. The van der Waals surface area contributed by atoms with Crippen molar-refractivity contribution in [2.24, 2.45) is 0 Å². The van der Waals surface area contributed by atoms with Crippen molar-refractivity contribution in [1.82, 2.24) is 4.98 Å². The molecule has 23 heavy (non-hydrogen) atoms. The molecule has 0 radical (unpaired) electrons. The molecule has 0 fully saturated rings. The largest absolute Gasteiger partial charge is 0.369 e. The monoisotopic (exact) mass is 343 g/mol. The molecule has 4 rings (SSSR count). The second kappa shape index (κ2) is 5.77. The molecule has 2 heterocycles. The molecule has 0 amide bonds. The molecule has 0 unspecified atom stereocenters. The highest BCUT2D eigenvalue weighted by Gasteiger charge is 2.42. The Hall–Kier alpha value is -1.65. The maximum absolute atomic E-state index is 6.85. The van der Waals surface area contributed by atoms with Gasteiger partial charge in [-0.2, -0.15) is 0 Å². The molecule has 1 aromatic carbocycles. The van der Waals surface area contributed by atoms with E-state index in [1.807, 2.05) is 18.5 Å². The molecule has 3 nitrogen and oxygen atoms in total. The lowest BCUT2D eigenvalue weighted by molar-refractivity contribution is 0.509. The summed E-state index contributed by atoms with van der Waals surface area (Å²) in [6.07, 6.45) is 10.5. The number of aromatic nitrogens is 1. The number of fused-ring (bicyclic) bond motifs is 2. The number of halogens is 1. The van der Waals surface area contributed by atoms with Crippen LogP contribution in [0.1, 0.15) is 18.4 Å². The minimum Gasteiger partial charge on any atom is -0.369 e. The normalized spacial score (nSPS) is 17.3. The third kappa shape index (κ3) is 2.41. The molecule has 1 spiro atoms. The number of anilines is 2. The van der Waals surface area contributed by atoms with Crippen molar-refractivity contribution in [3.05, 3.63) is 53.2 Å². The van der Waals surface area contributed by atoms with Crippen molar-refractivity contribution in [2.45, 2.75) is 18.3 Å². The second-order valence-electron chi connectivity index (χ2n) is 6.11. The van der Waals surface area contributed by atoms with Gasteiger partial charge in [-0.05, 0) is 30.5 Å². The Kier molecular flexibility index (Phi) is 3.74. The van der Waals surface area contributed by atoms with Gasteiger partial charge in [-0.25, -0.2) is 4.98 Å². The predicted octanol–water partition coefficient (Wildman–Crippen LogP) is 5.11. The molecule has 2 aliphatic rings. The Morgan fingerprint density at radius 2 is 2.13 bits per heavy atom. The van der Waals surface area contributed by atoms with Crippen LogP contribution in [-0.4, -0.2) is 17.8 Å². The number of hydrogen-bond acceptors (Lipinski definition) is 4. The lowest BCUT2D eigenvalue weighted by atomic mass is 9.80. The zero-order valence-electron chi connectivity index (χ0n) is 12.9. The van der Waals surface area contributed by atoms with E-state index in [2.05, 4.69) is 45.4 Å². The van der Waals surface area contributed by atoms with E-state index in [0.29, 0.717) is 0 Å². The Morgan fingerprint density at radius 3 is 2.91 bits per heavy atom. The SMILES string of the molecule is CSNc1cccc(-c2cnc3c(c2Cl)C2(CC=CC2)CN3)c1. The maximum Gasteiger partial charge on any atom is 0.131 e. The molecule has 5 heteroatoms. The quantitative estimate of drug-likeness (QED) is 0.600. The van der Waals surface area contributed by atoms with Crippen LogP contribution in [0.4, 0.5) is 11.5 Å². The molecule has 1 aliphatic heterocycles. The predicted molar refractivity (Wildman–Crippen MR) is 100 cm³/mol. The first-order chi connectivity index (χ1) is 11.2. The Bertz CT molecular complexity index is 780. The summed E-state index contributed by atoms with van der Waals surface area (Å²) in [6.45, 7) is 0.916. The van der Waals surface area contributed by atoms with E-state index in [-0.39, 0.29) is 5.41 Å². The first-order valence-electron chi connectivity index (χ1n) is 7.71. The van der Waals surface area contributed by atoms with Crippen molar-refractivity contribution >= 4 is 35.1 Å². The van der Waals surface area contributed by atoms with Crippen molar-refractivity contribution in [2.75, 3.05) is 22.8 Å². The highest BCUT2D eigenvalue weighted by Crippen LogP contribution is 2.49. The zero-order valence-corrected chi connectivity index (χ0v) is 14.5. The van der Waals surface area contributed by atoms with Crippen LogP contribution in [0.25, 0.3) is 11.1 Å². The van der Waals surface area contributed by atoms with Crippen LogP contribution in [0.15, 0.2) is 42.6 Å². The van der Waals surface area contributed by atoms with Gasteiger partial charge >= 0.3 is 0 Å². The maximum atomic E-state index is 6.85. The highest BCUT2D eigenvalue weighted by atomic mass is 35.5. The highest BCUT2D eigenvalue weighted by molar-refractivity contribution is 7.99. The van der Waals surface area contributed by atoms with Gasteiger partial charge < -0.3 is 10.0 Å². The van der Waals surface area contributed by atoms with Crippen molar-refractivity contribution < 1.29 is 0 Å². The van der Waals surface area contributed by atoms with E-state index in [1.54, 1.807) is 11.9 Å². The number of hydrogen-bond donors (Lipinski definition) is 2. The zero-order chi connectivity index (χ0) is 15.9. The summed E-state index contributed by atoms with van der Waals surface area (Å²) in [5.74, 6) is 0.945. The molecule has 0 saturated carbocycles.